The van der Waals surface area contributed by atoms with Crippen LogP contribution in [0.15, 0.2) is 23.2 Å². The monoisotopic (exact) mass is 473 g/mol. The van der Waals surface area contributed by atoms with Crippen LogP contribution < -0.4 is 19.5 Å². The molecule has 2 atom stereocenters. The molecule has 7 heteroatoms. The Morgan fingerprint density at radius 2 is 1.92 bits per heavy atom. The van der Waals surface area contributed by atoms with Gasteiger partial charge in [-0.2, -0.15) is 0 Å². The molecule has 0 radical (unpaired) electrons. The van der Waals surface area contributed by atoms with E-state index >= 15 is 0 Å². The summed E-state index contributed by atoms with van der Waals surface area (Å²) in [5, 5.41) is 3.44. The van der Waals surface area contributed by atoms with E-state index in [0.717, 1.165) is 54.7 Å². The molecule has 1 aromatic rings. The summed E-state index contributed by atoms with van der Waals surface area (Å²) >= 11 is 0. The van der Waals surface area contributed by atoms with E-state index in [4.69, 9.17) is 14.2 Å². The van der Waals surface area contributed by atoms with Crippen molar-refractivity contribution in [1.82, 2.24) is 10.2 Å². The SMILES string of the molecule is CN=C(NCCOc1ccc2c(c1)OCO2)N1CC2CCCCC2C1.I. The lowest BCUT2D eigenvalue weighted by molar-refractivity contribution is 0.173. The number of halogens is 1. The minimum Gasteiger partial charge on any atom is -0.492 e. The van der Waals surface area contributed by atoms with Gasteiger partial charge in [0.05, 0.1) is 6.54 Å². The van der Waals surface area contributed by atoms with Crippen LogP contribution in [-0.2, 0) is 0 Å². The van der Waals surface area contributed by atoms with Crippen molar-refractivity contribution in [1.29, 1.82) is 0 Å². The van der Waals surface area contributed by atoms with Gasteiger partial charge in [0.1, 0.15) is 12.4 Å². The summed E-state index contributed by atoms with van der Waals surface area (Å²) in [5.74, 6) is 5.05. The third kappa shape index (κ3) is 4.29. The van der Waals surface area contributed by atoms with Crippen LogP contribution in [0, 0.1) is 11.8 Å². The topological polar surface area (TPSA) is 55.3 Å². The Kier molecular flexibility index (Phi) is 6.72. The number of guanidine groups is 1. The third-order valence-electron chi connectivity index (χ3n) is 5.49. The predicted octanol–water partition coefficient (Wildman–Crippen LogP) is 3.11. The molecule has 1 saturated heterocycles. The molecule has 2 aliphatic heterocycles. The van der Waals surface area contributed by atoms with Gasteiger partial charge in [-0.25, -0.2) is 0 Å². The van der Waals surface area contributed by atoms with Crippen molar-refractivity contribution in [2.24, 2.45) is 16.8 Å². The molecule has 1 saturated carbocycles. The zero-order valence-electron chi connectivity index (χ0n) is 15.3. The highest BCUT2D eigenvalue weighted by atomic mass is 127. The number of hydrogen-bond acceptors (Lipinski definition) is 4. The van der Waals surface area contributed by atoms with Crippen LogP contribution in [0.1, 0.15) is 25.7 Å². The molecule has 0 spiro atoms. The summed E-state index contributed by atoms with van der Waals surface area (Å²) in [4.78, 5) is 6.88. The molecule has 2 fully saturated rings. The van der Waals surface area contributed by atoms with Crippen molar-refractivity contribution < 1.29 is 14.2 Å². The Morgan fingerprint density at radius 1 is 1.19 bits per heavy atom. The lowest BCUT2D eigenvalue weighted by Crippen LogP contribution is -2.41. The highest BCUT2D eigenvalue weighted by Crippen LogP contribution is 2.36. The maximum absolute atomic E-state index is 5.81. The molecular weight excluding hydrogens is 445 g/mol. The van der Waals surface area contributed by atoms with Crippen molar-refractivity contribution in [3.8, 4) is 17.2 Å². The number of hydrogen-bond donors (Lipinski definition) is 1. The van der Waals surface area contributed by atoms with Crippen LogP contribution >= 0.6 is 24.0 Å². The first-order valence-electron chi connectivity index (χ1n) is 9.31. The Balaban J connectivity index is 0.00000196. The van der Waals surface area contributed by atoms with Gasteiger partial charge in [0.2, 0.25) is 6.79 Å². The molecule has 6 nitrogen and oxygen atoms in total. The van der Waals surface area contributed by atoms with Gasteiger partial charge in [-0.3, -0.25) is 4.99 Å². The number of benzene rings is 1. The molecule has 0 bridgehead atoms. The summed E-state index contributed by atoms with van der Waals surface area (Å²) in [6.45, 7) is 3.89. The molecular formula is C19H28IN3O3. The van der Waals surface area contributed by atoms with Gasteiger partial charge in [-0.15, -0.1) is 24.0 Å². The number of aliphatic imine (C=N–C) groups is 1. The van der Waals surface area contributed by atoms with Gasteiger partial charge in [-0.05, 0) is 36.8 Å². The number of nitrogens with zero attached hydrogens (tertiary/aromatic N) is 2. The standard InChI is InChI=1S/C19H27N3O3.HI/c1-20-19(22-11-14-4-2-3-5-15(14)12-22)21-8-9-23-16-6-7-17-18(10-16)25-13-24-17;/h6-7,10,14-15H,2-5,8-9,11-13H2,1H3,(H,20,21);1H. The van der Waals surface area contributed by atoms with E-state index < -0.39 is 0 Å². The molecule has 2 unspecified atom stereocenters. The zero-order valence-corrected chi connectivity index (χ0v) is 17.6. The first-order valence-corrected chi connectivity index (χ1v) is 9.31. The van der Waals surface area contributed by atoms with E-state index in [2.05, 4.69) is 15.2 Å². The fourth-order valence-electron chi connectivity index (χ4n) is 4.21. The van der Waals surface area contributed by atoms with Gasteiger partial charge >= 0.3 is 0 Å². The van der Waals surface area contributed by atoms with Crippen LogP contribution in [0.4, 0.5) is 0 Å². The Labute approximate surface area is 172 Å². The van der Waals surface area contributed by atoms with Crippen molar-refractivity contribution in [2.45, 2.75) is 25.7 Å². The van der Waals surface area contributed by atoms with E-state index in [0.29, 0.717) is 6.61 Å². The fraction of sp³-hybridized carbons (Fsp3) is 0.632. The van der Waals surface area contributed by atoms with Gasteiger partial charge in [0.15, 0.2) is 17.5 Å². The average Bonchev–Trinajstić information content (AvgIpc) is 3.27. The maximum Gasteiger partial charge on any atom is 0.231 e. The van der Waals surface area contributed by atoms with Gasteiger partial charge in [0, 0.05) is 26.2 Å². The van der Waals surface area contributed by atoms with Crippen molar-refractivity contribution in [3.63, 3.8) is 0 Å². The van der Waals surface area contributed by atoms with Crippen LogP contribution in [0.25, 0.3) is 0 Å². The van der Waals surface area contributed by atoms with Gasteiger partial charge in [-0.1, -0.05) is 12.8 Å². The summed E-state index contributed by atoms with van der Waals surface area (Å²) in [6, 6.07) is 5.67. The number of nitrogens with one attached hydrogen (secondary N) is 1. The fourth-order valence-corrected chi connectivity index (χ4v) is 4.21. The summed E-state index contributed by atoms with van der Waals surface area (Å²) < 4.78 is 16.5. The van der Waals surface area contributed by atoms with E-state index in [1.165, 1.54) is 25.7 Å². The molecule has 0 amide bonds. The van der Waals surface area contributed by atoms with E-state index in [-0.39, 0.29) is 30.8 Å². The lowest BCUT2D eigenvalue weighted by Gasteiger charge is -2.22. The Hall–Kier alpha value is -1.38. The quantitative estimate of drug-likeness (QED) is 0.315. The maximum atomic E-state index is 5.81. The van der Waals surface area contributed by atoms with Crippen molar-refractivity contribution in [2.75, 3.05) is 40.1 Å². The Bertz CT molecular complexity index is 626. The molecule has 3 aliphatic rings. The Morgan fingerprint density at radius 3 is 2.65 bits per heavy atom. The second-order valence-electron chi connectivity index (χ2n) is 7.05. The van der Waals surface area contributed by atoms with Crippen molar-refractivity contribution in [3.05, 3.63) is 18.2 Å². The zero-order chi connectivity index (χ0) is 17.1. The highest BCUT2D eigenvalue weighted by Gasteiger charge is 2.35. The average molecular weight is 473 g/mol. The van der Waals surface area contributed by atoms with Gasteiger partial charge in [0.25, 0.3) is 0 Å². The van der Waals surface area contributed by atoms with E-state index in [1.54, 1.807) is 0 Å². The van der Waals surface area contributed by atoms with Crippen LogP contribution in [0.3, 0.4) is 0 Å². The molecule has 0 aromatic heterocycles. The number of fused-ring (bicyclic) bond motifs is 2. The first kappa shape index (κ1) is 19.4. The summed E-state index contributed by atoms with van der Waals surface area (Å²) in [6.07, 6.45) is 5.55. The van der Waals surface area contributed by atoms with Crippen LogP contribution in [0.5, 0.6) is 17.2 Å². The lowest BCUT2D eigenvalue weighted by atomic mass is 9.82. The van der Waals surface area contributed by atoms with Gasteiger partial charge < -0.3 is 24.4 Å². The molecule has 144 valence electrons. The molecule has 26 heavy (non-hydrogen) atoms. The minimum atomic E-state index is 0. The molecule has 4 rings (SSSR count). The number of ether oxygens (including phenoxy) is 3. The molecule has 2 heterocycles. The van der Waals surface area contributed by atoms with E-state index in [1.807, 2.05) is 25.2 Å². The van der Waals surface area contributed by atoms with E-state index in [9.17, 15) is 0 Å². The normalized spacial score (nSPS) is 24.0. The predicted molar refractivity (Wildman–Crippen MR) is 112 cm³/mol. The third-order valence-corrected chi connectivity index (χ3v) is 5.49. The second-order valence-corrected chi connectivity index (χ2v) is 7.05. The number of likely N-dealkylation sites (tertiary alicyclic amines) is 1. The first-order chi connectivity index (χ1) is 12.3. The highest BCUT2D eigenvalue weighted by molar-refractivity contribution is 14.0. The molecule has 1 aromatic carbocycles. The summed E-state index contributed by atoms with van der Waals surface area (Å²) in [5.41, 5.74) is 0. The second kappa shape index (κ2) is 9.01. The summed E-state index contributed by atoms with van der Waals surface area (Å²) in [7, 11) is 1.86. The molecule has 1 aliphatic carbocycles. The van der Waals surface area contributed by atoms with Crippen LogP contribution in [-0.4, -0.2) is 50.9 Å². The largest absolute Gasteiger partial charge is 0.492 e. The van der Waals surface area contributed by atoms with Crippen LogP contribution in [0.2, 0.25) is 0 Å². The smallest absolute Gasteiger partial charge is 0.231 e. The minimum absolute atomic E-state index is 0. The van der Waals surface area contributed by atoms with Crippen molar-refractivity contribution >= 4 is 29.9 Å². The molecule has 1 N–H and O–H groups in total. The number of rotatable bonds is 4.